The van der Waals surface area contributed by atoms with Crippen LogP contribution in [-0.4, -0.2) is 27.1 Å². The van der Waals surface area contributed by atoms with Gasteiger partial charge in [-0.1, -0.05) is 24.3 Å². The van der Waals surface area contributed by atoms with Crippen LogP contribution >= 0.6 is 0 Å². The molecule has 0 atom stereocenters. The van der Waals surface area contributed by atoms with Gasteiger partial charge < -0.3 is 26.5 Å². The zero-order chi connectivity index (χ0) is 17.5. The van der Waals surface area contributed by atoms with Crippen molar-refractivity contribution in [2.75, 3.05) is 11.5 Å². The number of aromatic amines is 1. The zero-order valence-corrected chi connectivity index (χ0v) is 12.8. The highest BCUT2D eigenvalue weighted by Gasteiger charge is 2.09. The number of hydrogen-bond acceptors (Lipinski definition) is 6. The Kier molecular flexibility index (Phi) is 5.72. The van der Waals surface area contributed by atoms with Crippen molar-refractivity contribution in [2.24, 2.45) is 0 Å². The monoisotopic (exact) mass is 324 g/mol. The molecular formula is C16H17BN4O3. The summed E-state index contributed by atoms with van der Waals surface area (Å²) in [6.45, 7) is 0. The summed E-state index contributed by atoms with van der Waals surface area (Å²) < 4.78 is 0. The van der Waals surface area contributed by atoms with Crippen LogP contribution in [0.25, 0.3) is 11.3 Å². The smallest absolute Gasteiger partial charge is 0.423 e. The lowest BCUT2D eigenvalue weighted by atomic mass is 9.80. The Balaban J connectivity index is 0.000000185. The summed E-state index contributed by atoms with van der Waals surface area (Å²) in [4.78, 5) is 17.3. The van der Waals surface area contributed by atoms with E-state index in [9.17, 15) is 4.79 Å². The van der Waals surface area contributed by atoms with Gasteiger partial charge in [0.05, 0.1) is 11.9 Å². The van der Waals surface area contributed by atoms with Crippen LogP contribution in [0.5, 0.6) is 0 Å². The summed E-state index contributed by atoms with van der Waals surface area (Å²) in [7, 11) is -1.43. The van der Waals surface area contributed by atoms with Crippen molar-refractivity contribution < 1.29 is 10.0 Å². The highest BCUT2D eigenvalue weighted by molar-refractivity contribution is 6.58. The van der Waals surface area contributed by atoms with E-state index in [1.165, 1.54) is 12.3 Å². The van der Waals surface area contributed by atoms with Crippen LogP contribution in [0, 0.1) is 0 Å². The Hall–Kier alpha value is -3.10. The number of benzene rings is 2. The lowest BCUT2D eigenvalue weighted by molar-refractivity contribution is 0.426. The maximum absolute atomic E-state index is 10.8. The van der Waals surface area contributed by atoms with Crippen LogP contribution in [0.4, 0.5) is 11.4 Å². The van der Waals surface area contributed by atoms with Gasteiger partial charge in [0.15, 0.2) is 0 Å². The van der Waals surface area contributed by atoms with Crippen LogP contribution in [-0.2, 0) is 0 Å². The highest BCUT2D eigenvalue weighted by atomic mass is 16.4. The molecule has 0 spiro atoms. The largest absolute Gasteiger partial charge is 0.488 e. The van der Waals surface area contributed by atoms with Crippen molar-refractivity contribution in [3.63, 3.8) is 0 Å². The number of H-pyrrole nitrogens is 1. The summed E-state index contributed by atoms with van der Waals surface area (Å²) in [5.74, 6) is 0. The Bertz CT molecular complexity index is 847. The van der Waals surface area contributed by atoms with E-state index < -0.39 is 7.12 Å². The van der Waals surface area contributed by atoms with Crippen LogP contribution in [0.15, 0.2) is 65.7 Å². The first-order valence-corrected chi connectivity index (χ1v) is 7.08. The van der Waals surface area contributed by atoms with Gasteiger partial charge in [0.1, 0.15) is 0 Å². The van der Waals surface area contributed by atoms with Gasteiger partial charge in [0.25, 0.3) is 5.56 Å². The molecule has 3 rings (SSSR count). The topological polar surface area (TPSA) is 138 Å². The van der Waals surface area contributed by atoms with Gasteiger partial charge in [-0.05, 0) is 29.7 Å². The first-order valence-electron chi connectivity index (χ1n) is 7.08. The number of nitrogens with zero attached hydrogens (tertiary/aromatic N) is 1. The second kappa shape index (κ2) is 7.95. The normalized spacial score (nSPS) is 9.75. The second-order valence-corrected chi connectivity index (χ2v) is 4.97. The number of nitrogen functional groups attached to an aromatic ring is 2. The van der Waals surface area contributed by atoms with E-state index >= 15 is 0 Å². The van der Waals surface area contributed by atoms with Gasteiger partial charge >= 0.3 is 7.12 Å². The van der Waals surface area contributed by atoms with Gasteiger partial charge in [-0.3, -0.25) is 4.79 Å². The highest BCUT2D eigenvalue weighted by Crippen LogP contribution is 2.17. The van der Waals surface area contributed by atoms with E-state index in [1.807, 2.05) is 12.1 Å². The van der Waals surface area contributed by atoms with E-state index in [-0.39, 0.29) is 5.56 Å². The van der Waals surface area contributed by atoms with Crippen LogP contribution < -0.4 is 22.5 Å². The van der Waals surface area contributed by atoms with Crippen LogP contribution in [0.1, 0.15) is 0 Å². The summed E-state index contributed by atoms with van der Waals surface area (Å²) in [6.07, 6.45) is 2.82. The first kappa shape index (κ1) is 17.3. The Morgan fingerprint density at radius 3 is 2.17 bits per heavy atom. The molecule has 122 valence electrons. The molecule has 0 unspecified atom stereocenters. The SMILES string of the molecule is Nc1cccc(-c2c[nH]c(=O)cn2)c1.Nc1cccc(B(O)O)c1. The zero-order valence-electron chi connectivity index (χ0n) is 12.8. The van der Waals surface area contributed by atoms with Crippen LogP contribution in [0.3, 0.4) is 0 Å². The van der Waals surface area contributed by atoms with Crippen molar-refractivity contribution in [1.29, 1.82) is 0 Å². The maximum Gasteiger partial charge on any atom is 0.488 e. The third-order valence-electron chi connectivity index (χ3n) is 3.06. The van der Waals surface area contributed by atoms with Gasteiger partial charge in [0, 0.05) is 23.1 Å². The fourth-order valence-electron chi connectivity index (χ4n) is 1.92. The molecule has 0 saturated carbocycles. The second-order valence-electron chi connectivity index (χ2n) is 4.97. The van der Waals surface area contributed by atoms with Crippen molar-refractivity contribution in [3.8, 4) is 11.3 Å². The Labute approximate surface area is 138 Å². The molecule has 7 nitrogen and oxygen atoms in total. The molecule has 1 aromatic heterocycles. The lowest BCUT2D eigenvalue weighted by Gasteiger charge is -2.00. The fraction of sp³-hybridized carbons (Fsp3) is 0. The van der Waals surface area contributed by atoms with Gasteiger partial charge in [-0.25, -0.2) is 4.98 Å². The van der Waals surface area contributed by atoms with Crippen molar-refractivity contribution in [2.45, 2.75) is 0 Å². The van der Waals surface area contributed by atoms with E-state index in [1.54, 1.807) is 36.5 Å². The lowest BCUT2D eigenvalue weighted by Crippen LogP contribution is -2.29. The summed E-state index contributed by atoms with van der Waals surface area (Å²) in [6, 6.07) is 13.8. The molecule has 0 aliphatic carbocycles. The standard InChI is InChI=1S/C10H9N3O.C6H8BNO2/c11-8-3-1-2-7(4-8)9-5-13-10(14)6-12-9;8-6-3-1-2-5(4-6)7(9)10/h1-6H,11H2,(H,13,14);1-4,9-10H,8H2. The third-order valence-corrected chi connectivity index (χ3v) is 3.06. The predicted molar refractivity (Wildman–Crippen MR) is 95.4 cm³/mol. The summed E-state index contributed by atoms with van der Waals surface area (Å²) >= 11 is 0. The fourth-order valence-corrected chi connectivity index (χ4v) is 1.92. The van der Waals surface area contributed by atoms with E-state index in [0.717, 1.165) is 5.56 Å². The molecule has 2 aromatic carbocycles. The molecule has 0 amide bonds. The number of rotatable bonds is 2. The van der Waals surface area contributed by atoms with Gasteiger partial charge in [-0.2, -0.15) is 0 Å². The molecule has 0 bridgehead atoms. The molecule has 0 fully saturated rings. The Morgan fingerprint density at radius 1 is 1.00 bits per heavy atom. The van der Waals surface area contributed by atoms with E-state index in [4.69, 9.17) is 21.5 Å². The third kappa shape index (κ3) is 4.97. The maximum atomic E-state index is 10.8. The minimum absolute atomic E-state index is 0.211. The number of nitrogens with two attached hydrogens (primary N) is 2. The first-order chi connectivity index (χ1) is 11.5. The van der Waals surface area contributed by atoms with Gasteiger partial charge in [-0.15, -0.1) is 0 Å². The Morgan fingerprint density at radius 2 is 1.67 bits per heavy atom. The molecule has 24 heavy (non-hydrogen) atoms. The van der Waals surface area contributed by atoms with Gasteiger partial charge in [0.2, 0.25) is 0 Å². The number of nitrogens with one attached hydrogen (secondary N) is 1. The van der Waals surface area contributed by atoms with Crippen LogP contribution in [0.2, 0.25) is 0 Å². The molecule has 0 aliphatic heterocycles. The minimum Gasteiger partial charge on any atom is -0.423 e. The average Bonchev–Trinajstić information content (AvgIpc) is 2.56. The summed E-state index contributed by atoms with van der Waals surface area (Å²) in [5.41, 5.74) is 14.0. The van der Waals surface area contributed by atoms with Crippen molar-refractivity contribution >= 4 is 24.0 Å². The number of anilines is 2. The molecule has 7 N–H and O–H groups in total. The van der Waals surface area contributed by atoms with E-state index in [0.29, 0.717) is 22.5 Å². The predicted octanol–water partition coefficient (Wildman–Crippen LogP) is -0.0323. The number of hydrogen-bond donors (Lipinski definition) is 5. The average molecular weight is 324 g/mol. The molecule has 0 radical (unpaired) electrons. The quantitative estimate of drug-likeness (QED) is 0.331. The summed E-state index contributed by atoms with van der Waals surface area (Å²) in [5, 5.41) is 17.3. The van der Waals surface area contributed by atoms with Crippen molar-refractivity contribution in [1.82, 2.24) is 9.97 Å². The van der Waals surface area contributed by atoms with E-state index in [2.05, 4.69) is 9.97 Å². The molecular weight excluding hydrogens is 307 g/mol. The molecule has 3 aromatic rings. The molecule has 8 heteroatoms. The van der Waals surface area contributed by atoms with Crippen molar-refractivity contribution in [3.05, 3.63) is 71.3 Å². The molecule has 1 heterocycles. The molecule has 0 saturated heterocycles. The minimum atomic E-state index is -1.43. The number of aromatic nitrogens is 2. The molecule has 0 aliphatic rings.